The monoisotopic (exact) mass is 294 g/mol. The Labute approximate surface area is 124 Å². The number of benzene rings is 1. The Morgan fingerprint density at radius 2 is 2.05 bits per heavy atom. The minimum absolute atomic E-state index is 0.599. The molecule has 4 nitrogen and oxygen atoms in total. The van der Waals surface area contributed by atoms with Gasteiger partial charge in [0.05, 0.1) is 24.9 Å². The highest BCUT2D eigenvalue weighted by Gasteiger charge is 2.26. The number of hydrogen-bond acceptors (Lipinski definition) is 4. The summed E-state index contributed by atoms with van der Waals surface area (Å²) in [4.78, 5) is 7.14. The van der Waals surface area contributed by atoms with E-state index >= 15 is 0 Å². The van der Waals surface area contributed by atoms with E-state index in [9.17, 15) is 0 Å². The summed E-state index contributed by atoms with van der Waals surface area (Å²) in [6.45, 7) is 1.87. The van der Waals surface area contributed by atoms with E-state index in [1.54, 1.807) is 14.2 Å². The number of aliphatic imine (C=N–C) groups is 1. The summed E-state index contributed by atoms with van der Waals surface area (Å²) >= 11 is 6.48. The smallest absolute Gasteiger partial charge is 0.179 e. The van der Waals surface area contributed by atoms with Gasteiger partial charge in [-0.2, -0.15) is 0 Å². The van der Waals surface area contributed by atoms with Gasteiger partial charge in [-0.3, -0.25) is 0 Å². The summed E-state index contributed by atoms with van der Waals surface area (Å²) in [5, 5.41) is 0.619. The average molecular weight is 295 g/mol. The van der Waals surface area contributed by atoms with Crippen molar-refractivity contribution >= 4 is 23.1 Å². The van der Waals surface area contributed by atoms with Crippen molar-refractivity contribution in [3.05, 3.63) is 16.7 Å². The van der Waals surface area contributed by atoms with Crippen molar-refractivity contribution < 1.29 is 9.47 Å². The van der Waals surface area contributed by atoms with E-state index in [0.717, 1.165) is 30.8 Å². The van der Waals surface area contributed by atoms with Crippen molar-refractivity contribution in [3.8, 4) is 11.5 Å². The first-order chi connectivity index (χ1) is 9.74. The van der Waals surface area contributed by atoms with Gasteiger partial charge in [-0.25, -0.2) is 4.99 Å². The molecule has 0 amide bonds. The molecule has 0 spiro atoms. The van der Waals surface area contributed by atoms with Gasteiger partial charge < -0.3 is 14.4 Å². The topological polar surface area (TPSA) is 34.1 Å². The Morgan fingerprint density at radius 1 is 1.20 bits per heavy atom. The fourth-order valence-electron chi connectivity index (χ4n) is 2.90. The van der Waals surface area contributed by atoms with Crippen LogP contribution in [0, 0.1) is 0 Å². The molecule has 0 aliphatic carbocycles. The van der Waals surface area contributed by atoms with Crippen molar-refractivity contribution in [1.82, 2.24) is 4.90 Å². The van der Waals surface area contributed by atoms with Crippen LogP contribution in [-0.2, 0) is 6.54 Å². The number of hydrogen-bond donors (Lipinski definition) is 0. The zero-order chi connectivity index (χ0) is 14.1. The quantitative estimate of drug-likeness (QED) is 0.832. The molecule has 1 saturated heterocycles. The lowest BCUT2D eigenvalue weighted by molar-refractivity contribution is 0.352. The summed E-state index contributed by atoms with van der Waals surface area (Å²) < 4.78 is 10.7. The lowest BCUT2D eigenvalue weighted by Crippen LogP contribution is -2.32. The number of nitrogens with zero attached hydrogens (tertiary/aromatic N) is 2. The van der Waals surface area contributed by atoms with Crippen LogP contribution in [0.5, 0.6) is 11.5 Å². The van der Waals surface area contributed by atoms with Gasteiger partial charge in [-0.05, 0) is 12.8 Å². The van der Waals surface area contributed by atoms with E-state index in [2.05, 4.69) is 4.90 Å². The Balaban J connectivity index is 2.09. The zero-order valence-corrected chi connectivity index (χ0v) is 12.7. The number of methoxy groups -OCH3 is 2. The van der Waals surface area contributed by atoms with Gasteiger partial charge in [0.1, 0.15) is 5.84 Å². The number of rotatable bonds is 2. The summed E-state index contributed by atoms with van der Waals surface area (Å²) in [7, 11) is 3.23. The molecule has 1 aromatic carbocycles. The van der Waals surface area contributed by atoms with Crippen LogP contribution in [0.4, 0.5) is 5.69 Å². The molecule has 2 aliphatic rings. The predicted octanol–water partition coefficient (Wildman–Crippen LogP) is 3.78. The average Bonchev–Trinajstić information content (AvgIpc) is 2.70. The van der Waals surface area contributed by atoms with Crippen molar-refractivity contribution in [1.29, 1.82) is 0 Å². The maximum Gasteiger partial charge on any atom is 0.179 e. The molecule has 0 N–H and O–H groups in total. The standard InChI is InChI=1S/C15H19ClN2O2/c1-19-12-8-11-10(14(16)15(12)20-2)9-18-7-5-3-4-6-13(18)17-11/h8H,3-7,9H2,1-2H3. The number of ether oxygens (including phenoxy) is 2. The molecule has 5 heteroatoms. The third kappa shape index (κ3) is 2.22. The van der Waals surface area contributed by atoms with Crippen LogP contribution in [0.25, 0.3) is 0 Å². The van der Waals surface area contributed by atoms with Crippen LogP contribution in [0.3, 0.4) is 0 Å². The summed E-state index contributed by atoms with van der Waals surface area (Å²) in [5.41, 5.74) is 1.95. The molecule has 0 atom stereocenters. The Kier molecular flexibility index (Phi) is 3.74. The van der Waals surface area contributed by atoms with Gasteiger partial charge in [-0.1, -0.05) is 18.0 Å². The Morgan fingerprint density at radius 3 is 2.80 bits per heavy atom. The molecule has 1 aromatic rings. The van der Waals surface area contributed by atoms with Crippen molar-refractivity contribution in [2.24, 2.45) is 4.99 Å². The lowest BCUT2D eigenvalue weighted by Gasteiger charge is -2.30. The fraction of sp³-hybridized carbons (Fsp3) is 0.533. The molecule has 0 unspecified atom stereocenters. The largest absolute Gasteiger partial charge is 0.493 e. The molecule has 0 saturated carbocycles. The van der Waals surface area contributed by atoms with Gasteiger partial charge in [0.25, 0.3) is 0 Å². The van der Waals surface area contributed by atoms with Crippen molar-refractivity contribution in [3.63, 3.8) is 0 Å². The van der Waals surface area contributed by atoms with Gasteiger partial charge in [0.15, 0.2) is 11.5 Å². The molecule has 2 aliphatic heterocycles. The lowest BCUT2D eigenvalue weighted by atomic mass is 10.1. The van der Waals surface area contributed by atoms with Crippen LogP contribution in [-0.4, -0.2) is 31.5 Å². The van der Waals surface area contributed by atoms with E-state index in [4.69, 9.17) is 26.1 Å². The van der Waals surface area contributed by atoms with Crippen LogP contribution < -0.4 is 9.47 Å². The SMILES string of the molecule is COc1cc2c(c(Cl)c1OC)CN1CCCCCC1=N2. The van der Waals surface area contributed by atoms with E-state index < -0.39 is 0 Å². The highest BCUT2D eigenvalue weighted by molar-refractivity contribution is 6.33. The van der Waals surface area contributed by atoms with Crippen LogP contribution in [0.15, 0.2) is 11.1 Å². The fourth-order valence-corrected chi connectivity index (χ4v) is 3.23. The second-order valence-electron chi connectivity index (χ2n) is 5.18. The second-order valence-corrected chi connectivity index (χ2v) is 5.56. The molecular weight excluding hydrogens is 276 g/mol. The third-order valence-corrected chi connectivity index (χ3v) is 4.38. The van der Waals surface area contributed by atoms with E-state index in [1.165, 1.54) is 25.1 Å². The predicted molar refractivity (Wildman–Crippen MR) is 80.5 cm³/mol. The summed E-state index contributed by atoms with van der Waals surface area (Å²) in [6.07, 6.45) is 4.75. The minimum atomic E-state index is 0.599. The summed E-state index contributed by atoms with van der Waals surface area (Å²) in [5.74, 6) is 2.42. The van der Waals surface area contributed by atoms with Crippen molar-refractivity contribution in [2.75, 3.05) is 20.8 Å². The second kappa shape index (κ2) is 5.52. The van der Waals surface area contributed by atoms with E-state index in [-0.39, 0.29) is 0 Å². The minimum Gasteiger partial charge on any atom is -0.493 e. The Hall–Kier alpha value is -1.42. The van der Waals surface area contributed by atoms with E-state index in [1.807, 2.05) is 6.07 Å². The molecule has 108 valence electrons. The molecule has 2 heterocycles. The van der Waals surface area contributed by atoms with Gasteiger partial charge in [-0.15, -0.1) is 0 Å². The first-order valence-corrected chi connectivity index (χ1v) is 7.38. The molecule has 0 radical (unpaired) electrons. The van der Waals surface area contributed by atoms with Gasteiger partial charge in [0.2, 0.25) is 0 Å². The normalized spacial score (nSPS) is 17.8. The Bertz CT molecular complexity index is 557. The van der Waals surface area contributed by atoms with Gasteiger partial charge >= 0.3 is 0 Å². The van der Waals surface area contributed by atoms with Crippen LogP contribution in [0.1, 0.15) is 31.2 Å². The number of amidine groups is 1. The highest BCUT2D eigenvalue weighted by atomic mass is 35.5. The first kappa shape index (κ1) is 13.6. The molecular formula is C15H19ClN2O2. The number of fused-ring (bicyclic) bond motifs is 2. The maximum absolute atomic E-state index is 6.48. The van der Waals surface area contributed by atoms with Crippen LogP contribution in [0.2, 0.25) is 5.02 Å². The molecule has 20 heavy (non-hydrogen) atoms. The van der Waals surface area contributed by atoms with Crippen molar-refractivity contribution in [2.45, 2.75) is 32.2 Å². The first-order valence-electron chi connectivity index (χ1n) is 7.00. The molecule has 3 rings (SSSR count). The highest BCUT2D eigenvalue weighted by Crippen LogP contribution is 2.45. The summed E-state index contributed by atoms with van der Waals surface area (Å²) in [6, 6.07) is 1.93. The van der Waals surface area contributed by atoms with E-state index in [0.29, 0.717) is 16.5 Å². The molecule has 1 fully saturated rings. The maximum atomic E-state index is 6.48. The zero-order valence-electron chi connectivity index (χ0n) is 11.9. The van der Waals surface area contributed by atoms with Crippen LogP contribution >= 0.6 is 11.6 Å². The number of halogens is 1. The molecule has 0 aromatic heterocycles. The van der Waals surface area contributed by atoms with Gasteiger partial charge in [0, 0.05) is 31.1 Å². The third-order valence-electron chi connectivity index (χ3n) is 3.98. The molecule has 0 bridgehead atoms.